The van der Waals surface area contributed by atoms with E-state index >= 15 is 0 Å². The van der Waals surface area contributed by atoms with Gasteiger partial charge in [0.15, 0.2) is 0 Å². The predicted molar refractivity (Wildman–Crippen MR) is 143 cm³/mol. The summed E-state index contributed by atoms with van der Waals surface area (Å²) in [5.74, 6) is -0.577. The number of sulfonamides is 1. The van der Waals surface area contributed by atoms with Crippen molar-refractivity contribution in [2.75, 3.05) is 31.6 Å². The van der Waals surface area contributed by atoms with Crippen LogP contribution in [0.4, 0.5) is 11.4 Å². The number of aromatic carboxylic acids is 1. The molecule has 1 saturated heterocycles. The zero-order chi connectivity index (χ0) is 26.3. The van der Waals surface area contributed by atoms with E-state index in [4.69, 9.17) is 4.74 Å². The molecule has 0 unspecified atom stereocenters. The van der Waals surface area contributed by atoms with E-state index in [9.17, 15) is 18.3 Å². The van der Waals surface area contributed by atoms with Crippen LogP contribution in [0.2, 0.25) is 0 Å². The first kappa shape index (κ1) is 24.5. The van der Waals surface area contributed by atoms with Crippen molar-refractivity contribution < 1.29 is 23.1 Å². The highest BCUT2D eigenvalue weighted by Crippen LogP contribution is 2.41. The first-order valence-corrected chi connectivity index (χ1v) is 13.9. The minimum Gasteiger partial charge on any atom is -0.478 e. The monoisotopic (exact) mass is 530 g/mol. The normalized spacial score (nSPS) is 16.4. The van der Waals surface area contributed by atoms with E-state index < -0.39 is 16.0 Å². The molecule has 6 rings (SSSR count). The van der Waals surface area contributed by atoms with Crippen molar-refractivity contribution in [3.05, 3.63) is 78.2 Å². The summed E-state index contributed by atoms with van der Waals surface area (Å²) in [4.78, 5) is 20.8. The van der Waals surface area contributed by atoms with Crippen LogP contribution >= 0.6 is 0 Å². The summed E-state index contributed by atoms with van der Waals surface area (Å²) in [5.41, 5.74) is 4.16. The number of carboxylic acids is 1. The van der Waals surface area contributed by atoms with Crippen LogP contribution < -0.4 is 5.32 Å². The molecule has 0 atom stereocenters. The van der Waals surface area contributed by atoms with Gasteiger partial charge in [-0.25, -0.2) is 13.2 Å². The summed E-state index contributed by atoms with van der Waals surface area (Å²) in [6, 6.07) is 14.2. The van der Waals surface area contributed by atoms with E-state index in [2.05, 4.69) is 21.4 Å². The standard InChI is InChI=1S/C28H26N4O5S/c33-28(34)22-3-1-2-4-25(22)31-27-23-14-19(21-13-20(15-29-16-21)18-5-6-18)7-8-24(23)30-17-26(27)38(35,36)32-9-11-37-12-10-32/h1-4,7-8,13-18H,5-6,9-12H2,(H,30,31)(H,33,34). The van der Waals surface area contributed by atoms with Crippen molar-refractivity contribution in [2.45, 2.75) is 23.7 Å². The van der Waals surface area contributed by atoms with Crippen LogP contribution in [-0.4, -0.2) is 60.1 Å². The van der Waals surface area contributed by atoms with E-state index in [1.54, 1.807) is 24.4 Å². The number of pyridine rings is 2. The third-order valence-electron chi connectivity index (χ3n) is 6.98. The number of aromatic nitrogens is 2. The van der Waals surface area contributed by atoms with Crippen molar-refractivity contribution in [1.29, 1.82) is 0 Å². The number of nitrogens with zero attached hydrogens (tertiary/aromatic N) is 3. The van der Waals surface area contributed by atoms with Crippen LogP contribution in [0.15, 0.2) is 72.0 Å². The van der Waals surface area contributed by atoms with Crippen LogP contribution in [0.1, 0.15) is 34.7 Å². The SMILES string of the molecule is O=C(O)c1ccccc1Nc1c(S(=O)(=O)N2CCOCC2)cnc2ccc(-c3cncc(C4CC4)c3)cc12. The lowest BCUT2D eigenvalue weighted by molar-refractivity contribution is 0.0698. The van der Waals surface area contributed by atoms with Crippen LogP contribution in [0.5, 0.6) is 0 Å². The maximum Gasteiger partial charge on any atom is 0.337 e. The number of anilines is 2. The smallest absolute Gasteiger partial charge is 0.337 e. The van der Waals surface area contributed by atoms with E-state index in [1.165, 1.54) is 22.1 Å². The largest absolute Gasteiger partial charge is 0.478 e. The van der Waals surface area contributed by atoms with Gasteiger partial charge < -0.3 is 15.2 Å². The van der Waals surface area contributed by atoms with Crippen LogP contribution in [-0.2, 0) is 14.8 Å². The van der Waals surface area contributed by atoms with Gasteiger partial charge in [0, 0.05) is 42.6 Å². The Morgan fingerprint density at radius 3 is 2.55 bits per heavy atom. The minimum atomic E-state index is -3.96. The highest BCUT2D eigenvalue weighted by Gasteiger charge is 2.31. The molecule has 2 aliphatic rings. The van der Waals surface area contributed by atoms with E-state index in [0.717, 1.165) is 24.0 Å². The van der Waals surface area contributed by atoms with Gasteiger partial charge in [-0.05, 0) is 60.2 Å². The van der Waals surface area contributed by atoms with Crippen molar-refractivity contribution in [3.63, 3.8) is 0 Å². The van der Waals surface area contributed by atoms with Crippen molar-refractivity contribution >= 4 is 38.3 Å². The van der Waals surface area contributed by atoms with Gasteiger partial charge >= 0.3 is 5.97 Å². The molecular formula is C28H26N4O5S. The fraction of sp³-hybridized carbons (Fsp3) is 0.250. The quantitative estimate of drug-likeness (QED) is 0.355. The highest BCUT2D eigenvalue weighted by molar-refractivity contribution is 7.89. The Hall–Kier alpha value is -3.86. The molecule has 2 aromatic heterocycles. The molecule has 2 N–H and O–H groups in total. The Bertz CT molecular complexity index is 1650. The van der Waals surface area contributed by atoms with Gasteiger partial charge in [-0.2, -0.15) is 4.31 Å². The number of carboxylic acid groups (broad SMARTS) is 1. The topological polar surface area (TPSA) is 122 Å². The molecule has 2 fully saturated rings. The van der Waals surface area contributed by atoms with Crippen LogP contribution in [0.25, 0.3) is 22.0 Å². The molecule has 1 aliphatic heterocycles. The molecule has 2 aromatic carbocycles. The second kappa shape index (κ2) is 9.79. The molecule has 9 nitrogen and oxygen atoms in total. The maximum atomic E-state index is 13.8. The van der Waals surface area contributed by atoms with E-state index in [1.807, 2.05) is 24.4 Å². The minimum absolute atomic E-state index is 0.0194. The Morgan fingerprint density at radius 2 is 1.79 bits per heavy atom. The summed E-state index contributed by atoms with van der Waals surface area (Å²) in [6.07, 6.45) is 7.35. The Labute approximate surface area is 220 Å². The van der Waals surface area contributed by atoms with Crippen molar-refractivity contribution in [2.24, 2.45) is 0 Å². The summed E-state index contributed by atoms with van der Waals surface area (Å²) in [6.45, 7) is 1.06. The molecule has 1 aliphatic carbocycles. The zero-order valence-electron chi connectivity index (χ0n) is 20.5. The molecule has 38 heavy (non-hydrogen) atoms. The lowest BCUT2D eigenvalue weighted by atomic mass is 10.0. The number of para-hydroxylation sites is 1. The summed E-state index contributed by atoms with van der Waals surface area (Å²) < 4.78 is 34.3. The zero-order valence-corrected chi connectivity index (χ0v) is 21.3. The summed E-state index contributed by atoms with van der Waals surface area (Å²) in [7, 11) is -3.96. The lowest BCUT2D eigenvalue weighted by Crippen LogP contribution is -2.40. The van der Waals surface area contributed by atoms with Gasteiger partial charge in [0.1, 0.15) is 4.90 Å². The Balaban J connectivity index is 1.54. The van der Waals surface area contributed by atoms with Gasteiger partial charge in [-0.1, -0.05) is 18.2 Å². The molecule has 0 spiro atoms. The van der Waals surface area contributed by atoms with Gasteiger partial charge in [0.05, 0.1) is 35.7 Å². The number of hydrogen-bond donors (Lipinski definition) is 2. The average molecular weight is 531 g/mol. The first-order chi connectivity index (χ1) is 18.4. The molecule has 4 aromatic rings. The molecule has 3 heterocycles. The fourth-order valence-electron chi connectivity index (χ4n) is 4.77. The number of carbonyl (C=O) groups is 1. The maximum absolute atomic E-state index is 13.8. The van der Waals surface area contributed by atoms with Crippen LogP contribution in [0, 0.1) is 0 Å². The predicted octanol–water partition coefficient (Wildman–Crippen LogP) is 4.64. The average Bonchev–Trinajstić information content (AvgIpc) is 3.79. The van der Waals surface area contributed by atoms with Gasteiger partial charge in [-0.15, -0.1) is 0 Å². The molecule has 1 saturated carbocycles. The number of morpholine rings is 1. The summed E-state index contributed by atoms with van der Waals surface area (Å²) in [5, 5.41) is 13.5. The first-order valence-electron chi connectivity index (χ1n) is 12.5. The number of nitrogens with one attached hydrogen (secondary N) is 1. The molecule has 0 radical (unpaired) electrons. The van der Waals surface area contributed by atoms with Crippen LogP contribution in [0.3, 0.4) is 0 Å². The molecular weight excluding hydrogens is 504 g/mol. The highest BCUT2D eigenvalue weighted by atomic mass is 32.2. The third-order valence-corrected chi connectivity index (χ3v) is 8.89. The Morgan fingerprint density at radius 1 is 1.00 bits per heavy atom. The van der Waals surface area contributed by atoms with Gasteiger partial charge in [0.25, 0.3) is 0 Å². The van der Waals surface area contributed by atoms with E-state index in [0.29, 0.717) is 30.0 Å². The van der Waals surface area contributed by atoms with Gasteiger partial charge in [0.2, 0.25) is 10.0 Å². The molecule has 194 valence electrons. The fourth-order valence-corrected chi connectivity index (χ4v) is 6.29. The number of hydrogen-bond acceptors (Lipinski definition) is 7. The van der Waals surface area contributed by atoms with Crippen molar-refractivity contribution in [3.8, 4) is 11.1 Å². The summed E-state index contributed by atoms with van der Waals surface area (Å²) >= 11 is 0. The molecule has 10 heteroatoms. The third kappa shape index (κ3) is 4.62. The number of fused-ring (bicyclic) bond motifs is 1. The van der Waals surface area contributed by atoms with Gasteiger partial charge in [-0.3, -0.25) is 9.97 Å². The number of benzene rings is 2. The second-order valence-electron chi connectivity index (χ2n) is 9.50. The Kier molecular flexibility index (Phi) is 6.30. The second-order valence-corrected chi connectivity index (χ2v) is 11.4. The number of rotatable bonds is 7. The number of ether oxygens (including phenoxy) is 1. The lowest BCUT2D eigenvalue weighted by Gasteiger charge is -2.27. The molecule has 0 bridgehead atoms. The van der Waals surface area contributed by atoms with E-state index in [-0.39, 0.29) is 34.9 Å². The molecule has 0 amide bonds. The van der Waals surface area contributed by atoms with Crippen molar-refractivity contribution in [1.82, 2.24) is 14.3 Å².